The van der Waals surface area contributed by atoms with Crippen LogP contribution in [0.2, 0.25) is 0 Å². The summed E-state index contributed by atoms with van der Waals surface area (Å²) in [6, 6.07) is 18.7. The van der Waals surface area contributed by atoms with Crippen LogP contribution >= 0.6 is 15.9 Å². The summed E-state index contributed by atoms with van der Waals surface area (Å²) in [4.78, 5) is 28.6. The van der Waals surface area contributed by atoms with E-state index in [1.807, 2.05) is 54.6 Å². The van der Waals surface area contributed by atoms with Crippen molar-refractivity contribution >= 4 is 38.5 Å². The Hall–Kier alpha value is -3.45. The van der Waals surface area contributed by atoms with E-state index in [2.05, 4.69) is 26.0 Å². The number of carbonyl (C=O) groups is 1. The van der Waals surface area contributed by atoms with Gasteiger partial charge < -0.3 is 9.40 Å². The highest BCUT2D eigenvalue weighted by Gasteiger charge is 2.35. The van der Waals surface area contributed by atoms with Crippen LogP contribution < -0.4 is 5.56 Å². The molecule has 0 bridgehead atoms. The van der Waals surface area contributed by atoms with E-state index in [4.69, 9.17) is 4.42 Å². The quantitative estimate of drug-likeness (QED) is 0.439. The molecule has 1 atom stereocenters. The number of rotatable bonds is 3. The number of amides is 1. The molecular weight excluding hydrogens is 458 g/mol. The second-order valence-electron chi connectivity index (χ2n) is 7.41. The number of halogens is 1. The molecule has 0 radical (unpaired) electrons. The van der Waals surface area contributed by atoms with Crippen molar-refractivity contribution < 1.29 is 9.21 Å². The number of fused-ring (bicyclic) bond motifs is 1. The van der Waals surface area contributed by atoms with E-state index < -0.39 is 0 Å². The molecule has 6 nitrogen and oxygen atoms in total. The lowest BCUT2D eigenvalue weighted by Crippen LogP contribution is -2.23. The minimum absolute atomic E-state index is 0.211. The molecule has 154 valence electrons. The number of H-pyrrole nitrogens is 1. The lowest BCUT2D eigenvalue weighted by Gasteiger charge is -2.17. The second-order valence-corrected chi connectivity index (χ2v) is 8.32. The maximum absolute atomic E-state index is 13.3. The van der Waals surface area contributed by atoms with Crippen molar-refractivity contribution in [2.24, 2.45) is 5.10 Å². The molecule has 0 spiro atoms. The van der Waals surface area contributed by atoms with Crippen LogP contribution in [-0.4, -0.2) is 21.6 Å². The smallest absolute Gasteiger partial charge is 0.258 e. The van der Waals surface area contributed by atoms with Gasteiger partial charge in [0.2, 0.25) is 5.91 Å². The van der Waals surface area contributed by atoms with Crippen LogP contribution in [0.15, 0.2) is 85.7 Å². The van der Waals surface area contributed by atoms with Gasteiger partial charge in [-0.2, -0.15) is 5.10 Å². The number of hydrogen-bond acceptors (Lipinski definition) is 4. The van der Waals surface area contributed by atoms with Crippen molar-refractivity contribution in [3.05, 3.63) is 93.1 Å². The molecule has 1 amide bonds. The maximum Gasteiger partial charge on any atom is 0.258 e. The third-order valence-electron chi connectivity index (χ3n) is 5.43. The number of hydrazone groups is 1. The number of aromatic amines is 1. The fourth-order valence-corrected chi connectivity index (χ4v) is 4.46. The van der Waals surface area contributed by atoms with Gasteiger partial charge in [-0.15, -0.1) is 0 Å². The molecule has 2 aromatic heterocycles. The minimum Gasteiger partial charge on any atom is -0.467 e. The lowest BCUT2D eigenvalue weighted by molar-refractivity contribution is -0.130. The zero-order valence-electron chi connectivity index (χ0n) is 16.6. The van der Waals surface area contributed by atoms with Crippen LogP contribution in [0, 0.1) is 0 Å². The highest BCUT2D eigenvalue weighted by molar-refractivity contribution is 9.10. The summed E-state index contributed by atoms with van der Waals surface area (Å²) in [5.41, 5.74) is 3.22. The molecule has 7 heteroatoms. The first kappa shape index (κ1) is 19.5. The van der Waals surface area contributed by atoms with E-state index in [9.17, 15) is 9.59 Å². The van der Waals surface area contributed by atoms with Gasteiger partial charge in [-0.1, -0.05) is 46.3 Å². The van der Waals surface area contributed by atoms with Gasteiger partial charge in [0.05, 0.1) is 17.5 Å². The van der Waals surface area contributed by atoms with Crippen LogP contribution in [0.1, 0.15) is 30.7 Å². The first-order valence-electron chi connectivity index (χ1n) is 9.85. The fraction of sp³-hybridized carbons (Fsp3) is 0.125. The van der Waals surface area contributed by atoms with Crippen LogP contribution in [0.25, 0.3) is 22.0 Å². The van der Waals surface area contributed by atoms with Gasteiger partial charge in [0.25, 0.3) is 5.56 Å². The zero-order chi connectivity index (χ0) is 21.5. The summed E-state index contributed by atoms with van der Waals surface area (Å²) < 4.78 is 6.46. The summed E-state index contributed by atoms with van der Waals surface area (Å²) in [6.07, 6.45) is 1.96. The average molecular weight is 476 g/mol. The van der Waals surface area contributed by atoms with Gasteiger partial charge in [0, 0.05) is 34.3 Å². The summed E-state index contributed by atoms with van der Waals surface area (Å²) in [5.74, 6) is 0.424. The molecule has 1 aliphatic heterocycles. The highest BCUT2D eigenvalue weighted by Crippen LogP contribution is 2.37. The second kappa shape index (κ2) is 7.67. The van der Waals surface area contributed by atoms with E-state index >= 15 is 0 Å². The largest absolute Gasteiger partial charge is 0.467 e. The Kier molecular flexibility index (Phi) is 4.82. The van der Waals surface area contributed by atoms with Crippen molar-refractivity contribution in [2.45, 2.75) is 19.4 Å². The van der Waals surface area contributed by atoms with E-state index in [1.165, 1.54) is 11.9 Å². The van der Waals surface area contributed by atoms with Crippen molar-refractivity contribution in [1.29, 1.82) is 0 Å². The van der Waals surface area contributed by atoms with Crippen LogP contribution in [0.3, 0.4) is 0 Å². The summed E-state index contributed by atoms with van der Waals surface area (Å²) in [7, 11) is 0. The van der Waals surface area contributed by atoms with Gasteiger partial charge in [-0.3, -0.25) is 9.59 Å². The standard InChI is InChI=1S/C24H18BrN3O3/c1-14(29)28-20(21-8-5-11-31-21)13-19(27-28)23-22(15-6-3-2-4-7-15)17-12-16(25)9-10-18(17)26-24(23)30/h2-12,20H,13H2,1H3,(H,26,30)/t20-/m1/s1. The predicted octanol–water partition coefficient (Wildman–Crippen LogP) is 5.25. The monoisotopic (exact) mass is 475 g/mol. The Morgan fingerprint density at radius 1 is 1.13 bits per heavy atom. The van der Waals surface area contributed by atoms with Crippen molar-refractivity contribution in [1.82, 2.24) is 9.99 Å². The average Bonchev–Trinajstić information content (AvgIpc) is 3.43. The first-order chi connectivity index (χ1) is 15.0. The predicted molar refractivity (Wildman–Crippen MR) is 123 cm³/mol. The number of nitrogens with one attached hydrogen (secondary N) is 1. The Labute approximate surface area is 186 Å². The van der Waals surface area contributed by atoms with Crippen molar-refractivity contribution in [3.63, 3.8) is 0 Å². The van der Waals surface area contributed by atoms with Crippen LogP contribution in [0.4, 0.5) is 0 Å². The third-order valence-corrected chi connectivity index (χ3v) is 5.93. The fourth-order valence-electron chi connectivity index (χ4n) is 4.10. The molecule has 3 heterocycles. The molecule has 0 aliphatic carbocycles. The highest BCUT2D eigenvalue weighted by atomic mass is 79.9. The molecule has 5 rings (SSSR count). The summed E-state index contributed by atoms with van der Waals surface area (Å²) in [5, 5.41) is 6.87. The van der Waals surface area contributed by atoms with Crippen molar-refractivity contribution in [3.8, 4) is 11.1 Å². The van der Waals surface area contributed by atoms with E-state index in [-0.39, 0.29) is 17.5 Å². The molecule has 4 aromatic rings. The van der Waals surface area contributed by atoms with Gasteiger partial charge in [0.15, 0.2) is 0 Å². The Morgan fingerprint density at radius 3 is 2.65 bits per heavy atom. The SMILES string of the molecule is CC(=O)N1N=C(c2c(-c3ccccc3)c3cc(Br)ccc3[nH]c2=O)C[C@@H]1c1ccco1. The molecule has 2 aromatic carbocycles. The molecule has 1 aliphatic rings. The van der Waals surface area contributed by atoms with Crippen LogP contribution in [-0.2, 0) is 4.79 Å². The van der Waals surface area contributed by atoms with Gasteiger partial charge >= 0.3 is 0 Å². The van der Waals surface area contributed by atoms with Crippen LogP contribution in [0.5, 0.6) is 0 Å². The summed E-state index contributed by atoms with van der Waals surface area (Å²) in [6.45, 7) is 1.46. The Balaban J connectivity index is 1.77. The minimum atomic E-state index is -0.385. The van der Waals surface area contributed by atoms with E-state index in [1.54, 1.807) is 12.3 Å². The molecular formula is C24H18BrN3O3. The first-order valence-corrected chi connectivity index (χ1v) is 10.6. The number of carbonyl (C=O) groups excluding carboxylic acids is 1. The number of benzene rings is 2. The van der Waals surface area contributed by atoms with Gasteiger partial charge in [0.1, 0.15) is 11.8 Å². The van der Waals surface area contributed by atoms with Gasteiger partial charge in [-0.05, 0) is 35.9 Å². The molecule has 0 saturated carbocycles. The normalized spacial score (nSPS) is 16.0. The van der Waals surface area contributed by atoms with E-state index in [0.29, 0.717) is 23.5 Å². The Bertz CT molecular complexity index is 1370. The molecule has 1 N–H and O–H groups in total. The van der Waals surface area contributed by atoms with Gasteiger partial charge in [-0.25, -0.2) is 5.01 Å². The molecule has 0 fully saturated rings. The molecule has 0 saturated heterocycles. The van der Waals surface area contributed by atoms with Crippen molar-refractivity contribution in [2.75, 3.05) is 0 Å². The maximum atomic E-state index is 13.3. The third kappa shape index (κ3) is 3.41. The molecule has 31 heavy (non-hydrogen) atoms. The number of furan rings is 1. The topological polar surface area (TPSA) is 78.7 Å². The number of pyridine rings is 1. The van der Waals surface area contributed by atoms with E-state index in [0.717, 1.165) is 26.5 Å². The number of aromatic nitrogens is 1. The number of nitrogens with zero attached hydrogens (tertiary/aromatic N) is 2. The lowest BCUT2D eigenvalue weighted by atomic mass is 9.92. The number of hydrogen-bond donors (Lipinski definition) is 1. The molecule has 0 unspecified atom stereocenters. The zero-order valence-corrected chi connectivity index (χ0v) is 18.2. The Morgan fingerprint density at radius 2 is 1.94 bits per heavy atom. The summed E-state index contributed by atoms with van der Waals surface area (Å²) >= 11 is 3.54.